The van der Waals surface area contributed by atoms with Crippen LogP contribution in [0.2, 0.25) is 0 Å². The van der Waals surface area contributed by atoms with Gasteiger partial charge in [0.15, 0.2) is 17.4 Å². The van der Waals surface area contributed by atoms with Crippen molar-refractivity contribution in [2.45, 2.75) is 44.2 Å². The third-order valence-corrected chi connectivity index (χ3v) is 14.9. The molecular weight excluding hydrogens is 881 g/mol. The molecular formula is C44H47F2N11O8S. The standard InChI is InChI=1S/C44H47F2N11O8S/c1-52-37-19-38(34(46)18-31(37)41(50-52)56-10-8-39(58)49-43(56)60)54-24-44(25-54)20-28(21-44)53-9-2-3-27(23-64-14-11-53)57-26-48-35-6-4-29(17-30(35)42(57)59)65-40-32(22-47)36(7-5-33(40)45)51-66(61,62)55-12-15-63-16-13-55/h4-7,17-19,26-28,51H,2-3,8-16,20-21,23-25H2,1H3,(H,49,58,60)/t27-/m1/s1. The van der Waals surface area contributed by atoms with Crippen LogP contribution in [-0.2, 0) is 31.5 Å². The molecule has 0 unspecified atom stereocenters. The maximum Gasteiger partial charge on any atom is 0.329 e. The average molecular weight is 928 g/mol. The zero-order chi connectivity index (χ0) is 45.9. The van der Waals surface area contributed by atoms with Gasteiger partial charge in [0, 0.05) is 69.6 Å². The molecule has 1 spiro atoms. The summed E-state index contributed by atoms with van der Waals surface area (Å²) in [6.07, 6.45) is 5.04. The number of amides is 3. The molecule has 346 valence electrons. The minimum atomic E-state index is -4.08. The molecule has 0 bridgehead atoms. The molecule has 2 N–H and O–H groups in total. The van der Waals surface area contributed by atoms with Crippen LogP contribution < -0.4 is 30.1 Å². The maximum absolute atomic E-state index is 15.7. The molecule has 22 heteroatoms. The lowest BCUT2D eigenvalue weighted by Crippen LogP contribution is -2.67. The molecule has 1 saturated carbocycles. The Bertz CT molecular complexity index is 2980. The van der Waals surface area contributed by atoms with E-state index < -0.39 is 33.6 Å². The third kappa shape index (κ3) is 8.08. The van der Waals surface area contributed by atoms with E-state index in [2.05, 4.69) is 29.9 Å². The Labute approximate surface area is 377 Å². The smallest absolute Gasteiger partial charge is 0.329 e. The molecule has 6 heterocycles. The summed E-state index contributed by atoms with van der Waals surface area (Å²) in [7, 11) is -2.33. The van der Waals surface area contributed by atoms with E-state index in [1.54, 1.807) is 28.4 Å². The van der Waals surface area contributed by atoms with E-state index in [4.69, 9.17) is 14.2 Å². The number of anilines is 3. The molecule has 3 amide bonds. The van der Waals surface area contributed by atoms with Crippen LogP contribution in [0.4, 0.5) is 30.8 Å². The highest BCUT2D eigenvalue weighted by atomic mass is 32.2. The van der Waals surface area contributed by atoms with Gasteiger partial charge in [0.2, 0.25) is 5.91 Å². The van der Waals surface area contributed by atoms with Crippen molar-refractivity contribution < 1.29 is 41.0 Å². The van der Waals surface area contributed by atoms with Gasteiger partial charge in [-0.1, -0.05) is 0 Å². The summed E-state index contributed by atoms with van der Waals surface area (Å²) >= 11 is 0. The van der Waals surface area contributed by atoms with E-state index in [0.29, 0.717) is 53.6 Å². The third-order valence-electron chi connectivity index (χ3n) is 13.4. The number of nitriles is 1. The molecule has 66 heavy (non-hydrogen) atoms. The number of nitrogens with one attached hydrogen (secondary N) is 2. The van der Waals surface area contributed by atoms with Gasteiger partial charge >= 0.3 is 16.2 Å². The normalized spacial score (nSPS) is 21.2. The predicted molar refractivity (Wildman–Crippen MR) is 237 cm³/mol. The van der Waals surface area contributed by atoms with Crippen molar-refractivity contribution in [3.8, 4) is 17.6 Å². The first kappa shape index (κ1) is 43.6. The van der Waals surface area contributed by atoms with Crippen LogP contribution in [0.3, 0.4) is 0 Å². The number of halogens is 2. The average Bonchev–Trinajstić information content (AvgIpc) is 3.64. The summed E-state index contributed by atoms with van der Waals surface area (Å²) in [4.78, 5) is 48.7. The Morgan fingerprint density at radius 1 is 0.939 bits per heavy atom. The molecule has 5 aromatic rings. The molecule has 10 rings (SSSR count). The fourth-order valence-corrected chi connectivity index (χ4v) is 11.2. The van der Waals surface area contributed by atoms with Gasteiger partial charge in [-0.15, -0.1) is 0 Å². The Hall–Kier alpha value is -6.25. The van der Waals surface area contributed by atoms with Crippen LogP contribution in [0, 0.1) is 28.4 Å². The van der Waals surface area contributed by atoms with Crippen molar-refractivity contribution in [2.24, 2.45) is 12.5 Å². The minimum absolute atomic E-state index is 0.0514. The zero-order valence-electron chi connectivity index (χ0n) is 36.0. The molecule has 3 aromatic carbocycles. The number of hydrogen-bond acceptors (Lipinski definition) is 13. The highest BCUT2D eigenvalue weighted by Gasteiger charge is 2.54. The second-order valence-corrected chi connectivity index (χ2v) is 19.3. The molecule has 4 saturated heterocycles. The number of carbonyl (C=O) groups is 2. The predicted octanol–water partition coefficient (Wildman–Crippen LogP) is 3.98. The first-order valence-corrected chi connectivity index (χ1v) is 23.4. The van der Waals surface area contributed by atoms with Crippen molar-refractivity contribution in [3.05, 3.63) is 76.3 Å². The number of nitrogens with zero attached hydrogens (tertiary/aromatic N) is 9. The van der Waals surface area contributed by atoms with Crippen LogP contribution in [0.5, 0.6) is 11.5 Å². The highest BCUT2D eigenvalue weighted by molar-refractivity contribution is 7.90. The summed E-state index contributed by atoms with van der Waals surface area (Å²) in [6, 6.07) is 11.2. The van der Waals surface area contributed by atoms with Gasteiger partial charge in [-0.05, 0) is 74.7 Å². The number of hydrogen-bond donors (Lipinski definition) is 2. The molecule has 0 radical (unpaired) electrons. The summed E-state index contributed by atoms with van der Waals surface area (Å²) < 4.78 is 81.1. The van der Waals surface area contributed by atoms with Crippen molar-refractivity contribution in [3.63, 3.8) is 0 Å². The second kappa shape index (κ2) is 17.2. The summed E-state index contributed by atoms with van der Waals surface area (Å²) in [5.41, 5.74) is 0.787. The zero-order valence-corrected chi connectivity index (χ0v) is 36.9. The fraction of sp³-hybridized carbons (Fsp3) is 0.455. The number of carbonyl (C=O) groups excluding carboxylic acids is 2. The lowest BCUT2D eigenvalue weighted by atomic mass is 9.60. The first-order valence-electron chi connectivity index (χ1n) is 21.9. The number of urea groups is 1. The molecule has 2 aromatic heterocycles. The number of morpholine rings is 1. The van der Waals surface area contributed by atoms with E-state index in [1.807, 2.05) is 6.07 Å². The number of benzene rings is 3. The number of fused-ring (bicyclic) bond motifs is 2. The molecule has 5 fully saturated rings. The first-order chi connectivity index (χ1) is 31.8. The van der Waals surface area contributed by atoms with Crippen molar-refractivity contribution in [1.82, 2.24) is 33.9 Å². The summed E-state index contributed by atoms with van der Waals surface area (Å²) in [5.74, 6) is -1.77. The fourth-order valence-electron chi connectivity index (χ4n) is 9.96. The van der Waals surface area contributed by atoms with E-state index in [9.17, 15) is 28.1 Å². The SMILES string of the molecule is Cn1nc(N2CCC(=O)NC2=O)c2cc(F)c(N3CC4(CC(N5CCC[C@@H](n6cnc7ccc(Oc8c(F)ccc(NS(=O)(=O)N9CCOCC9)c8C#N)cc7c6=O)COCC5)C4)C3)cc21. The summed E-state index contributed by atoms with van der Waals surface area (Å²) in [5, 5.41) is 17.5. The van der Waals surface area contributed by atoms with Crippen molar-refractivity contribution in [2.75, 3.05) is 86.8 Å². The Balaban J connectivity index is 0.772. The lowest BCUT2D eigenvalue weighted by Gasteiger charge is -2.61. The van der Waals surface area contributed by atoms with Crippen LogP contribution in [0.25, 0.3) is 21.8 Å². The topological polar surface area (TPSA) is 209 Å². The van der Waals surface area contributed by atoms with Gasteiger partial charge in [0.1, 0.15) is 23.2 Å². The van der Waals surface area contributed by atoms with Gasteiger partial charge in [-0.2, -0.15) is 23.1 Å². The van der Waals surface area contributed by atoms with Crippen LogP contribution >= 0.6 is 0 Å². The largest absolute Gasteiger partial charge is 0.453 e. The lowest BCUT2D eigenvalue weighted by molar-refractivity contribution is -0.120. The van der Waals surface area contributed by atoms with Crippen LogP contribution in [-0.4, -0.2) is 127 Å². The molecule has 19 nitrogen and oxygen atoms in total. The monoisotopic (exact) mass is 927 g/mol. The van der Waals surface area contributed by atoms with Gasteiger partial charge in [-0.3, -0.25) is 38.7 Å². The minimum Gasteiger partial charge on any atom is -0.453 e. The van der Waals surface area contributed by atoms with E-state index in [-0.39, 0.29) is 84.6 Å². The van der Waals surface area contributed by atoms with E-state index in [0.717, 1.165) is 57.6 Å². The Morgan fingerprint density at radius 2 is 1.73 bits per heavy atom. The van der Waals surface area contributed by atoms with Gasteiger partial charge in [0.25, 0.3) is 5.56 Å². The number of aromatic nitrogens is 4. The molecule has 1 aliphatic carbocycles. The molecule has 5 aliphatic rings. The molecule has 4 aliphatic heterocycles. The van der Waals surface area contributed by atoms with Crippen LogP contribution in [0.1, 0.15) is 43.7 Å². The number of ether oxygens (including phenoxy) is 3. The Kier molecular flexibility index (Phi) is 11.4. The maximum atomic E-state index is 15.7. The second-order valence-electron chi connectivity index (χ2n) is 17.6. The number of rotatable bonds is 9. The molecule has 1 atom stereocenters. The quantitative estimate of drug-likeness (QED) is 0.215. The number of aryl methyl sites for hydroxylation is 1. The van der Waals surface area contributed by atoms with Gasteiger partial charge < -0.3 is 19.1 Å². The van der Waals surface area contributed by atoms with Crippen LogP contribution in [0.15, 0.2) is 53.6 Å². The summed E-state index contributed by atoms with van der Waals surface area (Å²) in [6.45, 7) is 4.61. The highest BCUT2D eigenvalue weighted by Crippen LogP contribution is 2.52. The van der Waals surface area contributed by atoms with E-state index >= 15 is 8.78 Å². The number of imide groups is 1. The Morgan fingerprint density at radius 3 is 2.50 bits per heavy atom. The van der Waals surface area contributed by atoms with Gasteiger partial charge in [0.05, 0.1) is 66.6 Å². The van der Waals surface area contributed by atoms with Gasteiger partial charge in [-0.25, -0.2) is 18.6 Å². The van der Waals surface area contributed by atoms with Crippen molar-refractivity contribution >= 4 is 61.1 Å². The van der Waals surface area contributed by atoms with Crippen molar-refractivity contribution in [1.29, 1.82) is 5.26 Å². The van der Waals surface area contributed by atoms with E-state index in [1.165, 1.54) is 33.7 Å².